The number of benzene rings is 2. The van der Waals surface area contributed by atoms with Crippen molar-refractivity contribution < 1.29 is 19.1 Å². The van der Waals surface area contributed by atoms with Gasteiger partial charge in [0.05, 0.1) is 12.8 Å². The normalized spacial score (nSPS) is 12.3. The van der Waals surface area contributed by atoms with E-state index in [9.17, 15) is 9.59 Å². The van der Waals surface area contributed by atoms with Crippen molar-refractivity contribution in [2.45, 2.75) is 26.2 Å². The number of carbonyl (C=O) groups is 2. The Hall–Kier alpha value is -3.61. The molecule has 7 heteroatoms. The molecule has 0 spiro atoms. The van der Waals surface area contributed by atoms with E-state index in [0.717, 1.165) is 36.2 Å². The summed E-state index contributed by atoms with van der Waals surface area (Å²) in [6, 6.07) is 15.0. The summed E-state index contributed by atoms with van der Waals surface area (Å²) in [6.45, 7) is 1.85. The second kappa shape index (κ2) is 8.41. The van der Waals surface area contributed by atoms with Crippen molar-refractivity contribution in [1.82, 2.24) is 9.78 Å². The van der Waals surface area contributed by atoms with Crippen LogP contribution >= 0.6 is 0 Å². The van der Waals surface area contributed by atoms with Crippen molar-refractivity contribution in [3.8, 4) is 11.4 Å². The van der Waals surface area contributed by atoms with Gasteiger partial charge in [-0.25, -0.2) is 9.48 Å². The number of amides is 1. The Kier molecular flexibility index (Phi) is 5.52. The van der Waals surface area contributed by atoms with Crippen LogP contribution in [0, 0.1) is 6.92 Å². The minimum absolute atomic E-state index is 0.192. The van der Waals surface area contributed by atoms with E-state index >= 15 is 0 Å². The van der Waals surface area contributed by atoms with Crippen molar-refractivity contribution in [2.75, 3.05) is 19.0 Å². The fourth-order valence-corrected chi connectivity index (χ4v) is 3.57. The van der Waals surface area contributed by atoms with E-state index in [1.54, 1.807) is 24.3 Å². The summed E-state index contributed by atoms with van der Waals surface area (Å²) in [6.07, 6.45) is 2.75. The molecule has 0 bridgehead atoms. The van der Waals surface area contributed by atoms with Crippen molar-refractivity contribution in [2.24, 2.45) is 0 Å². The van der Waals surface area contributed by atoms with E-state index in [1.165, 1.54) is 12.7 Å². The predicted octanol–water partition coefficient (Wildman–Crippen LogP) is 3.47. The molecular formula is C23H23N3O4. The van der Waals surface area contributed by atoms with E-state index < -0.39 is 5.97 Å². The van der Waals surface area contributed by atoms with Gasteiger partial charge in [0.2, 0.25) is 0 Å². The van der Waals surface area contributed by atoms with Gasteiger partial charge in [0.1, 0.15) is 5.75 Å². The molecule has 0 unspecified atom stereocenters. The maximum absolute atomic E-state index is 13.0. The quantitative estimate of drug-likeness (QED) is 0.635. The number of rotatable bonds is 6. The maximum Gasteiger partial charge on any atom is 0.343 e. The Labute approximate surface area is 174 Å². The fraction of sp³-hybridized carbons (Fsp3) is 0.261. The molecule has 1 N–H and O–H groups in total. The van der Waals surface area contributed by atoms with Crippen molar-refractivity contribution >= 4 is 17.6 Å². The zero-order valence-corrected chi connectivity index (χ0v) is 17.0. The van der Waals surface area contributed by atoms with Gasteiger partial charge in [-0.2, -0.15) is 5.10 Å². The first-order chi connectivity index (χ1) is 14.5. The van der Waals surface area contributed by atoms with Crippen molar-refractivity contribution in [3.63, 3.8) is 0 Å². The molecule has 0 atom stereocenters. The van der Waals surface area contributed by atoms with Crippen LogP contribution < -0.4 is 10.1 Å². The molecule has 0 saturated heterocycles. The summed E-state index contributed by atoms with van der Waals surface area (Å²) in [5.74, 6) is -0.264. The number of methoxy groups -OCH3 is 1. The predicted molar refractivity (Wildman–Crippen MR) is 112 cm³/mol. The Morgan fingerprint density at radius 1 is 1.13 bits per heavy atom. The Bertz CT molecular complexity index is 1090. The average Bonchev–Trinajstić information content (AvgIpc) is 3.36. The van der Waals surface area contributed by atoms with E-state index in [-0.39, 0.29) is 12.5 Å². The van der Waals surface area contributed by atoms with Crippen LogP contribution in [0.5, 0.6) is 5.75 Å². The van der Waals surface area contributed by atoms with Gasteiger partial charge < -0.3 is 14.8 Å². The lowest BCUT2D eigenvalue weighted by atomic mass is 10.2. The van der Waals surface area contributed by atoms with Crippen LogP contribution in [-0.2, 0) is 22.4 Å². The summed E-state index contributed by atoms with van der Waals surface area (Å²) in [5, 5.41) is 7.53. The molecule has 1 aromatic heterocycles. The van der Waals surface area contributed by atoms with E-state index in [0.29, 0.717) is 17.1 Å². The third-order valence-electron chi connectivity index (χ3n) is 5.10. The fourth-order valence-electron chi connectivity index (χ4n) is 3.57. The topological polar surface area (TPSA) is 82.4 Å². The van der Waals surface area contributed by atoms with Gasteiger partial charge in [0, 0.05) is 23.0 Å². The molecule has 1 aliphatic carbocycles. The van der Waals surface area contributed by atoms with E-state index in [1.807, 2.05) is 35.9 Å². The molecule has 1 amide bonds. The highest BCUT2D eigenvalue weighted by atomic mass is 16.6. The van der Waals surface area contributed by atoms with Crippen LogP contribution in [0.25, 0.3) is 5.69 Å². The second-order valence-corrected chi connectivity index (χ2v) is 7.22. The Morgan fingerprint density at radius 3 is 2.70 bits per heavy atom. The lowest BCUT2D eigenvalue weighted by Gasteiger charge is -2.08. The minimum Gasteiger partial charge on any atom is -0.482 e. The number of aromatic nitrogens is 2. The monoisotopic (exact) mass is 405 g/mol. The molecule has 0 saturated carbocycles. The minimum atomic E-state index is -0.471. The van der Waals surface area contributed by atoms with Crippen LogP contribution in [0.1, 0.15) is 33.7 Å². The number of nitrogens with zero attached hydrogens (tertiary/aromatic N) is 2. The zero-order chi connectivity index (χ0) is 21.1. The van der Waals surface area contributed by atoms with Gasteiger partial charge >= 0.3 is 5.97 Å². The third-order valence-corrected chi connectivity index (χ3v) is 5.10. The smallest absolute Gasteiger partial charge is 0.343 e. The molecule has 0 fully saturated rings. The second-order valence-electron chi connectivity index (χ2n) is 7.22. The zero-order valence-electron chi connectivity index (χ0n) is 17.0. The first kappa shape index (κ1) is 19.7. The Balaban J connectivity index is 1.55. The molecule has 3 aromatic rings. The number of esters is 1. The number of aryl methyl sites for hydroxylation is 1. The van der Waals surface area contributed by atoms with Crippen LogP contribution in [-0.4, -0.2) is 35.4 Å². The summed E-state index contributed by atoms with van der Waals surface area (Å²) in [5.41, 5.74) is 5.25. The number of ether oxygens (including phenoxy) is 2. The molecule has 0 radical (unpaired) electrons. The van der Waals surface area contributed by atoms with Crippen LogP contribution in [0.15, 0.2) is 48.5 Å². The van der Waals surface area contributed by atoms with Gasteiger partial charge in [-0.1, -0.05) is 23.8 Å². The number of carbonyl (C=O) groups excluding carboxylic acids is 2. The maximum atomic E-state index is 13.0. The third kappa shape index (κ3) is 4.05. The van der Waals surface area contributed by atoms with Gasteiger partial charge in [0.25, 0.3) is 5.91 Å². The standard InChI is InChI=1S/C23H23N3O4/c1-15-9-11-17(12-10-15)26-20-8-4-7-19(20)22(25-26)23(28)24-16-5-3-6-18(13-16)30-14-21(27)29-2/h3,5-6,9-13H,4,7-8,14H2,1-2H3,(H,24,28). The lowest BCUT2D eigenvalue weighted by molar-refractivity contribution is -0.142. The SMILES string of the molecule is COC(=O)COc1cccc(NC(=O)c2nn(-c3ccc(C)cc3)c3c2CCC3)c1. The molecule has 2 aromatic carbocycles. The molecular weight excluding hydrogens is 382 g/mol. The number of anilines is 1. The molecule has 30 heavy (non-hydrogen) atoms. The van der Waals surface area contributed by atoms with E-state index in [4.69, 9.17) is 4.74 Å². The number of hydrogen-bond acceptors (Lipinski definition) is 5. The van der Waals surface area contributed by atoms with Gasteiger partial charge in [0.15, 0.2) is 12.3 Å². The summed E-state index contributed by atoms with van der Waals surface area (Å²) in [4.78, 5) is 24.2. The number of fused-ring (bicyclic) bond motifs is 1. The summed E-state index contributed by atoms with van der Waals surface area (Å²) < 4.78 is 11.8. The van der Waals surface area contributed by atoms with Crippen LogP contribution in [0.2, 0.25) is 0 Å². The van der Waals surface area contributed by atoms with Gasteiger partial charge in [-0.05, 0) is 50.5 Å². The first-order valence-electron chi connectivity index (χ1n) is 9.84. The van der Waals surface area contributed by atoms with Crippen molar-refractivity contribution in [1.29, 1.82) is 0 Å². The van der Waals surface area contributed by atoms with Gasteiger partial charge in [-0.15, -0.1) is 0 Å². The highest BCUT2D eigenvalue weighted by Crippen LogP contribution is 2.29. The van der Waals surface area contributed by atoms with Crippen molar-refractivity contribution in [3.05, 3.63) is 71.0 Å². The van der Waals surface area contributed by atoms with Crippen LogP contribution in [0.3, 0.4) is 0 Å². The molecule has 1 heterocycles. The van der Waals surface area contributed by atoms with E-state index in [2.05, 4.69) is 15.2 Å². The first-order valence-corrected chi connectivity index (χ1v) is 9.84. The molecule has 0 aliphatic heterocycles. The molecule has 154 valence electrons. The lowest BCUT2D eigenvalue weighted by Crippen LogP contribution is -2.15. The summed E-state index contributed by atoms with van der Waals surface area (Å²) in [7, 11) is 1.30. The van der Waals surface area contributed by atoms with Gasteiger partial charge in [-0.3, -0.25) is 4.79 Å². The molecule has 7 nitrogen and oxygen atoms in total. The largest absolute Gasteiger partial charge is 0.482 e. The summed E-state index contributed by atoms with van der Waals surface area (Å²) >= 11 is 0. The molecule has 4 rings (SSSR count). The number of hydrogen-bond donors (Lipinski definition) is 1. The highest BCUT2D eigenvalue weighted by Gasteiger charge is 2.27. The Morgan fingerprint density at radius 2 is 1.93 bits per heavy atom. The van der Waals surface area contributed by atoms with Crippen LogP contribution in [0.4, 0.5) is 5.69 Å². The number of nitrogens with one attached hydrogen (secondary N) is 1. The average molecular weight is 405 g/mol. The highest BCUT2D eigenvalue weighted by molar-refractivity contribution is 6.04. The molecule has 1 aliphatic rings.